The van der Waals surface area contributed by atoms with Crippen LogP contribution in [0.4, 0.5) is 0 Å². The van der Waals surface area contributed by atoms with Gasteiger partial charge in [0, 0.05) is 18.9 Å². The SMILES string of the molecule is CCNCc1ccn(Cc2nc3ccccc3s2)c1. The molecular weight excluding hydrogens is 254 g/mol. The Morgan fingerprint density at radius 1 is 1.26 bits per heavy atom. The summed E-state index contributed by atoms with van der Waals surface area (Å²) in [5, 5.41) is 4.50. The van der Waals surface area contributed by atoms with Gasteiger partial charge in [0.1, 0.15) is 5.01 Å². The molecule has 3 aromatic rings. The van der Waals surface area contributed by atoms with Crippen LogP contribution in [0.1, 0.15) is 17.5 Å². The topological polar surface area (TPSA) is 29.9 Å². The molecule has 0 aliphatic carbocycles. The highest BCUT2D eigenvalue weighted by Crippen LogP contribution is 2.22. The third-order valence-corrected chi connectivity index (χ3v) is 4.07. The van der Waals surface area contributed by atoms with Crippen molar-refractivity contribution in [2.24, 2.45) is 0 Å². The first-order valence-electron chi connectivity index (χ1n) is 6.55. The Labute approximate surface area is 116 Å². The zero-order valence-corrected chi connectivity index (χ0v) is 11.8. The number of nitrogens with zero attached hydrogens (tertiary/aromatic N) is 2. The minimum Gasteiger partial charge on any atom is -0.347 e. The molecule has 0 spiro atoms. The molecule has 0 atom stereocenters. The molecule has 1 aromatic carbocycles. The molecule has 3 rings (SSSR count). The maximum Gasteiger partial charge on any atom is 0.114 e. The van der Waals surface area contributed by atoms with Crippen LogP contribution in [0.3, 0.4) is 0 Å². The lowest BCUT2D eigenvalue weighted by Crippen LogP contribution is -2.11. The number of hydrogen-bond donors (Lipinski definition) is 1. The van der Waals surface area contributed by atoms with Gasteiger partial charge in [0.25, 0.3) is 0 Å². The molecule has 0 bridgehead atoms. The second-order valence-corrected chi connectivity index (χ2v) is 5.66. The van der Waals surface area contributed by atoms with E-state index in [1.165, 1.54) is 10.3 Å². The summed E-state index contributed by atoms with van der Waals surface area (Å²) in [5.41, 5.74) is 2.42. The molecule has 3 nitrogen and oxygen atoms in total. The Hall–Kier alpha value is -1.65. The summed E-state index contributed by atoms with van der Waals surface area (Å²) in [6, 6.07) is 10.5. The van der Waals surface area contributed by atoms with Crippen molar-refractivity contribution in [3.8, 4) is 0 Å². The Morgan fingerprint density at radius 3 is 3.00 bits per heavy atom. The predicted molar refractivity (Wildman–Crippen MR) is 80.5 cm³/mol. The van der Waals surface area contributed by atoms with Crippen LogP contribution in [0.25, 0.3) is 10.2 Å². The fourth-order valence-electron chi connectivity index (χ4n) is 2.11. The number of thiazole rings is 1. The standard InChI is InChI=1S/C15H17N3S/c1-2-16-9-12-7-8-18(10-12)11-15-17-13-5-3-4-6-14(13)19-15/h3-8,10,16H,2,9,11H2,1H3. The summed E-state index contributed by atoms with van der Waals surface area (Å²) < 4.78 is 3.46. The Morgan fingerprint density at radius 2 is 2.16 bits per heavy atom. The first kappa shape index (κ1) is 12.4. The molecule has 0 amide bonds. The second-order valence-electron chi connectivity index (χ2n) is 4.55. The van der Waals surface area contributed by atoms with E-state index in [9.17, 15) is 0 Å². The van der Waals surface area contributed by atoms with E-state index in [1.54, 1.807) is 11.3 Å². The predicted octanol–water partition coefficient (Wildman–Crippen LogP) is 3.26. The largest absolute Gasteiger partial charge is 0.347 e. The monoisotopic (exact) mass is 271 g/mol. The molecular formula is C15H17N3S. The van der Waals surface area contributed by atoms with Crippen LogP contribution in [0.15, 0.2) is 42.7 Å². The van der Waals surface area contributed by atoms with Gasteiger partial charge in [0.15, 0.2) is 0 Å². The lowest BCUT2D eigenvalue weighted by Gasteiger charge is -1.99. The Kier molecular flexibility index (Phi) is 3.62. The van der Waals surface area contributed by atoms with Crippen LogP contribution in [0.2, 0.25) is 0 Å². The van der Waals surface area contributed by atoms with E-state index in [1.807, 2.05) is 6.07 Å². The highest BCUT2D eigenvalue weighted by Gasteiger charge is 2.04. The number of rotatable bonds is 5. The Bertz CT molecular complexity index is 636. The number of nitrogens with one attached hydrogen (secondary N) is 1. The summed E-state index contributed by atoms with van der Waals surface area (Å²) in [6.45, 7) is 4.91. The average Bonchev–Trinajstić information content (AvgIpc) is 3.02. The molecule has 2 heterocycles. The van der Waals surface area contributed by atoms with Crippen LogP contribution < -0.4 is 5.32 Å². The van der Waals surface area contributed by atoms with Crippen molar-refractivity contribution in [3.05, 3.63) is 53.3 Å². The number of fused-ring (bicyclic) bond motifs is 1. The van der Waals surface area contributed by atoms with Crippen molar-refractivity contribution < 1.29 is 0 Å². The van der Waals surface area contributed by atoms with Crippen molar-refractivity contribution in [3.63, 3.8) is 0 Å². The summed E-state index contributed by atoms with van der Waals surface area (Å²) in [7, 11) is 0. The van der Waals surface area contributed by atoms with Crippen LogP contribution >= 0.6 is 11.3 Å². The average molecular weight is 271 g/mol. The number of para-hydroxylation sites is 1. The molecule has 0 aliphatic rings. The molecule has 19 heavy (non-hydrogen) atoms. The van der Waals surface area contributed by atoms with Crippen LogP contribution in [0.5, 0.6) is 0 Å². The molecule has 0 fully saturated rings. The molecule has 0 saturated heterocycles. The highest BCUT2D eigenvalue weighted by molar-refractivity contribution is 7.18. The zero-order valence-electron chi connectivity index (χ0n) is 11.0. The summed E-state index contributed by atoms with van der Waals surface area (Å²) in [6.07, 6.45) is 4.31. The van der Waals surface area contributed by atoms with Gasteiger partial charge >= 0.3 is 0 Å². The van der Waals surface area contributed by atoms with E-state index >= 15 is 0 Å². The number of benzene rings is 1. The quantitative estimate of drug-likeness (QED) is 0.772. The summed E-state index contributed by atoms with van der Waals surface area (Å²) in [5.74, 6) is 0. The number of aromatic nitrogens is 2. The molecule has 98 valence electrons. The molecule has 0 unspecified atom stereocenters. The van der Waals surface area contributed by atoms with Gasteiger partial charge < -0.3 is 9.88 Å². The maximum atomic E-state index is 4.66. The van der Waals surface area contributed by atoms with E-state index < -0.39 is 0 Å². The number of hydrogen-bond acceptors (Lipinski definition) is 3. The van der Waals surface area contributed by atoms with E-state index in [2.05, 4.69) is 58.5 Å². The third kappa shape index (κ3) is 2.85. The lowest BCUT2D eigenvalue weighted by molar-refractivity contribution is 0.721. The molecule has 1 N–H and O–H groups in total. The van der Waals surface area contributed by atoms with Crippen LogP contribution in [-0.4, -0.2) is 16.1 Å². The fraction of sp³-hybridized carbons (Fsp3) is 0.267. The van der Waals surface area contributed by atoms with Crippen molar-refractivity contribution in [2.45, 2.75) is 20.0 Å². The van der Waals surface area contributed by atoms with Gasteiger partial charge in [-0.3, -0.25) is 0 Å². The van der Waals surface area contributed by atoms with Gasteiger partial charge in [-0.15, -0.1) is 11.3 Å². The summed E-state index contributed by atoms with van der Waals surface area (Å²) >= 11 is 1.77. The van der Waals surface area contributed by atoms with E-state index in [0.717, 1.165) is 30.2 Å². The van der Waals surface area contributed by atoms with Crippen molar-refractivity contribution in [1.29, 1.82) is 0 Å². The van der Waals surface area contributed by atoms with Gasteiger partial charge in [-0.05, 0) is 30.3 Å². The van der Waals surface area contributed by atoms with Gasteiger partial charge in [0.05, 0.1) is 16.8 Å². The van der Waals surface area contributed by atoms with Crippen molar-refractivity contribution in [2.75, 3.05) is 6.54 Å². The lowest BCUT2D eigenvalue weighted by atomic mass is 10.3. The molecule has 0 saturated carbocycles. The smallest absolute Gasteiger partial charge is 0.114 e. The van der Waals surface area contributed by atoms with E-state index in [0.29, 0.717) is 0 Å². The van der Waals surface area contributed by atoms with Crippen molar-refractivity contribution in [1.82, 2.24) is 14.9 Å². The van der Waals surface area contributed by atoms with Gasteiger partial charge in [0.2, 0.25) is 0 Å². The third-order valence-electron chi connectivity index (χ3n) is 3.05. The minimum atomic E-state index is 0.853. The van der Waals surface area contributed by atoms with E-state index in [-0.39, 0.29) is 0 Å². The normalized spacial score (nSPS) is 11.2. The molecule has 4 heteroatoms. The van der Waals surface area contributed by atoms with Crippen molar-refractivity contribution >= 4 is 21.6 Å². The second kappa shape index (κ2) is 5.55. The Balaban J connectivity index is 1.75. The first-order chi connectivity index (χ1) is 9.35. The van der Waals surface area contributed by atoms with Crippen LogP contribution in [-0.2, 0) is 13.1 Å². The minimum absolute atomic E-state index is 0.853. The van der Waals surface area contributed by atoms with E-state index in [4.69, 9.17) is 0 Å². The molecule has 2 aromatic heterocycles. The molecule has 0 radical (unpaired) electrons. The summed E-state index contributed by atoms with van der Waals surface area (Å²) in [4.78, 5) is 4.66. The molecule has 0 aliphatic heterocycles. The maximum absolute atomic E-state index is 4.66. The van der Waals surface area contributed by atoms with Gasteiger partial charge in [-0.1, -0.05) is 19.1 Å². The van der Waals surface area contributed by atoms with Gasteiger partial charge in [-0.2, -0.15) is 0 Å². The zero-order chi connectivity index (χ0) is 13.1. The van der Waals surface area contributed by atoms with Crippen LogP contribution in [0, 0.1) is 0 Å². The first-order valence-corrected chi connectivity index (χ1v) is 7.36. The van der Waals surface area contributed by atoms with Gasteiger partial charge in [-0.25, -0.2) is 4.98 Å². The fourth-order valence-corrected chi connectivity index (χ4v) is 3.08. The highest BCUT2D eigenvalue weighted by atomic mass is 32.1.